The zero-order valence-corrected chi connectivity index (χ0v) is 17.2. The van der Waals surface area contributed by atoms with E-state index in [1.807, 2.05) is 41.5 Å². The largest absolute Gasteiger partial charge is 0.534 e. The first-order chi connectivity index (χ1) is 11.4. The average molecular weight is 365 g/mol. The molecule has 0 fully saturated rings. The Morgan fingerprint density at radius 1 is 0.708 bits per heavy atom. The van der Waals surface area contributed by atoms with Gasteiger partial charge in [0, 0.05) is 19.8 Å². The van der Waals surface area contributed by atoms with Crippen LogP contribution >= 0.6 is 0 Å². The fourth-order valence-corrected chi connectivity index (χ4v) is 3.92. The first-order valence-corrected chi connectivity index (χ1v) is 10.7. The van der Waals surface area contributed by atoms with Crippen molar-refractivity contribution < 1.29 is 27.5 Å². The van der Waals surface area contributed by atoms with Crippen molar-refractivity contribution in [2.45, 2.75) is 79.7 Å². The minimum absolute atomic E-state index is 0.466. The van der Waals surface area contributed by atoms with Crippen molar-refractivity contribution in [3.63, 3.8) is 0 Å². The van der Waals surface area contributed by atoms with Crippen LogP contribution in [-0.2, 0) is 27.5 Å². The van der Waals surface area contributed by atoms with E-state index in [-0.39, 0.29) is 0 Å². The molecule has 3 unspecified atom stereocenters. The quantitative estimate of drug-likeness (QED) is 0.305. The van der Waals surface area contributed by atoms with Crippen LogP contribution in [0.2, 0.25) is 0 Å². The van der Waals surface area contributed by atoms with Gasteiger partial charge in [-0.05, 0) is 45.7 Å². The highest BCUT2D eigenvalue weighted by Crippen LogP contribution is 2.20. The van der Waals surface area contributed by atoms with Crippen LogP contribution in [0, 0.1) is 0 Å². The van der Waals surface area contributed by atoms with E-state index in [9.17, 15) is 0 Å². The molecule has 0 heterocycles. The zero-order valence-electron chi connectivity index (χ0n) is 16.2. The second-order valence-electron chi connectivity index (χ2n) is 5.48. The van der Waals surface area contributed by atoms with Crippen LogP contribution in [-0.4, -0.2) is 47.5 Å². The first-order valence-electron chi connectivity index (χ1n) is 8.94. The molecule has 0 bridgehead atoms. The van der Waals surface area contributed by atoms with Gasteiger partial charge >= 0.3 is 8.80 Å². The van der Waals surface area contributed by atoms with Gasteiger partial charge < -0.3 is 27.5 Å². The number of ether oxygens (including phenoxy) is 3. The Bertz CT molecular complexity index is 275. The van der Waals surface area contributed by atoms with E-state index in [4.69, 9.17) is 27.5 Å². The third-order valence-electron chi connectivity index (χ3n) is 2.91. The zero-order chi connectivity index (χ0) is 18.4. The molecule has 7 heteroatoms. The second kappa shape index (κ2) is 13.9. The summed E-state index contributed by atoms with van der Waals surface area (Å²) in [6.07, 6.45) is 1.32. The van der Waals surface area contributed by atoms with Crippen molar-refractivity contribution in [2.75, 3.05) is 19.8 Å². The Morgan fingerprint density at radius 3 is 1.21 bits per heavy atom. The molecule has 0 radical (unpaired) electrons. The molecule has 24 heavy (non-hydrogen) atoms. The van der Waals surface area contributed by atoms with E-state index in [1.165, 1.54) is 0 Å². The Hall–Kier alpha value is -0.283. The minimum Gasteiger partial charge on any atom is -0.354 e. The highest BCUT2D eigenvalue weighted by Gasteiger charge is 2.44. The van der Waals surface area contributed by atoms with Crippen LogP contribution in [0.25, 0.3) is 0 Å². The molecule has 0 aromatic rings. The second-order valence-corrected chi connectivity index (χ2v) is 7.80. The standard InChI is InChI=1S/C17H36O6Si/c1-8-12-18-15(5)21-24(11-4,22-16(6)19-13-9-2)23-17(7)20-14-10-3/h11,15-17H,4,8-10,12-14H2,1-3,5-7H3. The number of hydrogen-bond donors (Lipinski definition) is 0. The lowest BCUT2D eigenvalue weighted by Crippen LogP contribution is -2.51. The molecule has 3 atom stereocenters. The van der Waals surface area contributed by atoms with E-state index in [0.717, 1.165) is 19.3 Å². The maximum absolute atomic E-state index is 5.98. The van der Waals surface area contributed by atoms with Crippen LogP contribution in [0.5, 0.6) is 0 Å². The van der Waals surface area contributed by atoms with Gasteiger partial charge in [-0.15, -0.1) is 0 Å². The van der Waals surface area contributed by atoms with Gasteiger partial charge in [-0.3, -0.25) is 0 Å². The molecule has 0 aliphatic heterocycles. The van der Waals surface area contributed by atoms with E-state index < -0.39 is 27.7 Å². The summed E-state index contributed by atoms with van der Waals surface area (Å²) in [6, 6.07) is 0. The fourth-order valence-electron chi connectivity index (χ4n) is 1.88. The first kappa shape index (κ1) is 23.7. The van der Waals surface area contributed by atoms with Crippen molar-refractivity contribution in [2.24, 2.45) is 0 Å². The summed E-state index contributed by atoms with van der Waals surface area (Å²) < 4.78 is 34.7. The molecule has 6 nitrogen and oxygen atoms in total. The molecule has 0 N–H and O–H groups in total. The van der Waals surface area contributed by atoms with E-state index in [1.54, 1.807) is 5.70 Å². The smallest absolute Gasteiger partial charge is 0.354 e. The fraction of sp³-hybridized carbons (Fsp3) is 0.882. The average Bonchev–Trinajstić information content (AvgIpc) is 2.56. The van der Waals surface area contributed by atoms with Gasteiger partial charge in [0.05, 0.1) is 0 Å². The number of hydrogen-bond acceptors (Lipinski definition) is 6. The summed E-state index contributed by atoms with van der Waals surface area (Å²) in [7, 11) is -3.22. The summed E-state index contributed by atoms with van der Waals surface area (Å²) in [5.41, 5.74) is 1.59. The molecule has 0 aliphatic rings. The van der Waals surface area contributed by atoms with Crippen LogP contribution in [0.15, 0.2) is 12.3 Å². The summed E-state index contributed by atoms with van der Waals surface area (Å²) in [5.74, 6) is 0. The lowest BCUT2D eigenvalue weighted by molar-refractivity contribution is -0.174. The predicted octanol–water partition coefficient (Wildman–Crippen LogP) is 4.02. The van der Waals surface area contributed by atoms with Crippen molar-refractivity contribution >= 4 is 8.80 Å². The molecule has 0 aromatic carbocycles. The highest BCUT2D eigenvalue weighted by molar-refractivity contribution is 6.66. The Balaban J connectivity index is 4.94. The predicted molar refractivity (Wildman–Crippen MR) is 96.3 cm³/mol. The van der Waals surface area contributed by atoms with Gasteiger partial charge in [0.15, 0.2) is 0 Å². The van der Waals surface area contributed by atoms with Crippen molar-refractivity contribution in [3.8, 4) is 0 Å². The summed E-state index contributed by atoms with van der Waals surface area (Å²) in [6.45, 7) is 17.3. The van der Waals surface area contributed by atoms with Crippen LogP contribution in [0.4, 0.5) is 0 Å². The highest BCUT2D eigenvalue weighted by atomic mass is 28.4. The maximum Gasteiger partial charge on any atom is 0.534 e. The van der Waals surface area contributed by atoms with Crippen LogP contribution in [0.1, 0.15) is 60.8 Å². The molecular weight excluding hydrogens is 328 g/mol. The molecule has 144 valence electrons. The van der Waals surface area contributed by atoms with Crippen LogP contribution < -0.4 is 0 Å². The third kappa shape index (κ3) is 10.6. The van der Waals surface area contributed by atoms with Crippen molar-refractivity contribution in [3.05, 3.63) is 12.3 Å². The lowest BCUT2D eigenvalue weighted by Gasteiger charge is -2.33. The van der Waals surface area contributed by atoms with Gasteiger partial charge in [0.25, 0.3) is 0 Å². The summed E-state index contributed by atoms with van der Waals surface area (Å²) in [5, 5.41) is 0. The maximum atomic E-state index is 5.98. The molecule has 0 rings (SSSR count). The molecular formula is C17H36O6Si. The van der Waals surface area contributed by atoms with E-state index in [2.05, 4.69) is 6.58 Å². The number of rotatable bonds is 16. The lowest BCUT2D eigenvalue weighted by atomic mass is 10.5. The Labute approximate surface area is 148 Å². The normalized spacial score (nSPS) is 17.9. The SMILES string of the molecule is C=C[Si](OC(C)OCCC)(OC(C)OCCC)OC(C)OCCC. The van der Waals surface area contributed by atoms with E-state index in [0.29, 0.717) is 19.8 Å². The summed E-state index contributed by atoms with van der Waals surface area (Å²) >= 11 is 0. The molecule has 0 amide bonds. The Kier molecular flexibility index (Phi) is 13.8. The topological polar surface area (TPSA) is 55.4 Å². The van der Waals surface area contributed by atoms with Crippen molar-refractivity contribution in [1.82, 2.24) is 0 Å². The molecule has 0 saturated carbocycles. The minimum atomic E-state index is -3.22. The molecule has 0 spiro atoms. The van der Waals surface area contributed by atoms with Crippen LogP contribution in [0.3, 0.4) is 0 Å². The van der Waals surface area contributed by atoms with E-state index >= 15 is 0 Å². The summed E-state index contributed by atoms with van der Waals surface area (Å²) in [4.78, 5) is 0. The van der Waals surface area contributed by atoms with Crippen molar-refractivity contribution in [1.29, 1.82) is 0 Å². The van der Waals surface area contributed by atoms with Gasteiger partial charge in [-0.25, -0.2) is 0 Å². The van der Waals surface area contributed by atoms with Gasteiger partial charge in [-0.2, -0.15) is 0 Å². The monoisotopic (exact) mass is 364 g/mol. The third-order valence-corrected chi connectivity index (χ3v) is 5.39. The molecule has 0 aromatic heterocycles. The molecule has 0 aliphatic carbocycles. The van der Waals surface area contributed by atoms with Gasteiger partial charge in [0.2, 0.25) is 0 Å². The van der Waals surface area contributed by atoms with Gasteiger partial charge in [0.1, 0.15) is 18.9 Å². The molecule has 0 saturated heterocycles. The van der Waals surface area contributed by atoms with Gasteiger partial charge in [-0.1, -0.05) is 27.4 Å². The Morgan fingerprint density at radius 2 is 1.00 bits per heavy atom.